The van der Waals surface area contributed by atoms with Gasteiger partial charge in [-0.3, -0.25) is 53.4 Å². The minimum atomic E-state index is -1.08. The molecule has 0 radical (unpaired) electrons. The number of hydrogen-bond donors (Lipinski definition) is 8. The van der Waals surface area contributed by atoms with Crippen LogP contribution >= 0.6 is 0 Å². The van der Waals surface area contributed by atoms with Crippen molar-refractivity contribution in [3.8, 4) is 0 Å². The number of primary amides is 3. The van der Waals surface area contributed by atoms with Crippen molar-refractivity contribution in [3.05, 3.63) is 97.4 Å². The third kappa shape index (κ3) is 14.0. The zero-order chi connectivity index (χ0) is 55.2. The molecule has 0 saturated carbocycles. The second kappa shape index (κ2) is 25.6. The predicted molar refractivity (Wildman–Crippen MR) is 253 cm³/mol. The van der Waals surface area contributed by atoms with Crippen LogP contribution in [0, 0.1) is 0 Å². The molecule has 76 heavy (non-hydrogen) atoms. The Kier molecular flexibility index (Phi) is 18.8. The van der Waals surface area contributed by atoms with Gasteiger partial charge in [0.25, 0.3) is 11.8 Å². The molecular weight excluding hydrogens is 1010 g/mol. The van der Waals surface area contributed by atoms with Crippen molar-refractivity contribution in [2.45, 2.75) is 18.1 Å². The first-order valence-electron chi connectivity index (χ1n) is 22.3. The number of fused-ring (bicyclic) bond motifs is 6. The van der Waals surface area contributed by atoms with E-state index in [4.69, 9.17) is 26.2 Å². The summed E-state index contributed by atoms with van der Waals surface area (Å²) in [6, 6.07) is 2.57. The molecule has 0 aliphatic carbocycles. The number of nitrogens with one attached hydrogen (secondary N) is 2. The molecule has 3 aromatic heterocycles. The second-order valence-electron chi connectivity index (χ2n) is 16.2. The van der Waals surface area contributed by atoms with E-state index in [-0.39, 0.29) is 67.6 Å². The van der Waals surface area contributed by atoms with E-state index in [0.717, 1.165) is 11.4 Å². The molecular formula is C42H52N18O16. The maximum atomic E-state index is 12.3. The predicted octanol–water partition coefficient (Wildman–Crippen LogP) is -3.49. The molecule has 3 unspecified atom stereocenters. The fourth-order valence-corrected chi connectivity index (χ4v) is 7.51. The fraction of sp³-hybridized carbons (Fsp3) is 0.333. The number of carbonyl (C=O) groups is 9. The van der Waals surface area contributed by atoms with Gasteiger partial charge in [0.2, 0.25) is 17.7 Å². The number of carbonyl (C=O) groups excluding carboxylic acids is 8. The van der Waals surface area contributed by atoms with Crippen LogP contribution in [0.3, 0.4) is 0 Å². The van der Waals surface area contributed by atoms with Gasteiger partial charge in [-0.25, -0.2) is 50.1 Å². The van der Waals surface area contributed by atoms with Crippen molar-refractivity contribution in [1.29, 1.82) is 0 Å². The molecule has 6 aliphatic rings. The van der Waals surface area contributed by atoms with E-state index in [9.17, 15) is 48.4 Å². The van der Waals surface area contributed by atoms with Crippen LogP contribution in [0.25, 0.3) is 17.1 Å². The third-order valence-electron chi connectivity index (χ3n) is 10.7. The number of carboxylic acids is 1. The van der Waals surface area contributed by atoms with E-state index in [1.807, 2.05) is 17.6 Å². The molecule has 34 nitrogen and oxygen atoms in total. The Hall–Kier alpha value is -9.32. The van der Waals surface area contributed by atoms with Crippen LogP contribution in [0.5, 0.6) is 0 Å². The number of urea groups is 3. The smallest absolute Gasteiger partial charge is 0.356 e. The SMILES string of the molecule is C=CCON1C(=O)N2CC(n3ccc(C(=O)NOCC(N)=O)n3)=CC1C2.C=CCON1C(=O)N2CC(n3ccc(C(=O)O)n3)=CC1C2.NC(=O)CONC(=O)c1ccn(C2=CC3CN(C2)C(=O)N3O)n1.NOCC(N)=O. The molecule has 9 heterocycles. The maximum Gasteiger partial charge on any atom is 0.356 e. The number of hydrogen-bond acceptors (Lipinski definition) is 19. The average molecular weight is 1060 g/mol. The number of aromatic nitrogens is 6. The van der Waals surface area contributed by atoms with Gasteiger partial charge in [-0.05, 0) is 36.4 Å². The minimum absolute atomic E-state index is 0.0325. The van der Waals surface area contributed by atoms with Crippen molar-refractivity contribution in [2.24, 2.45) is 23.1 Å². The summed E-state index contributed by atoms with van der Waals surface area (Å²) in [6.45, 7) is 8.98. The molecule has 12 N–H and O–H groups in total. The summed E-state index contributed by atoms with van der Waals surface area (Å²) < 4.78 is 4.42. The molecule has 9 rings (SSSR count). The molecule has 0 spiro atoms. The van der Waals surface area contributed by atoms with Crippen molar-refractivity contribution >= 4 is 70.7 Å². The van der Waals surface area contributed by atoms with Gasteiger partial charge in [0.15, 0.2) is 30.3 Å². The molecule has 6 aliphatic heterocycles. The Morgan fingerprint density at radius 1 is 0.605 bits per heavy atom. The van der Waals surface area contributed by atoms with Gasteiger partial charge in [-0.2, -0.15) is 30.5 Å². The number of amides is 11. The highest BCUT2D eigenvalue weighted by Crippen LogP contribution is 2.29. The highest BCUT2D eigenvalue weighted by Gasteiger charge is 2.43. The van der Waals surface area contributed by atoms with Crippen LogP contribution < -0.4 is 34.1 Å². The monoisotopic (exact) mass is 1060 g/mol. The number of nitrogens with zero attached hydrogens (tertiary/aromatic N) is 12. The average Bonchev–Trinajstić information content (AvgIpc) is 4.28. The zero-order valence-electron chi connectivity index (χ0n) is 40.1. The Labute approximate surface area is 428 Å². The molecule has 34 heteroatoms. The Morgan fingerprint density at radius 2 is 0.974 bits per heavy atom. The number of nitrogens with two attached hydrogens (primary N) is 4. The van der Waals surface area contributed by atoms with E-state index in [0.29, 0.717) is 43.5 Å². The van der Waals surface area contributed by atoms with Gasteiger partial charge in [-0.1, -0.05) is 12.2 Å². The lowest BCUT2D eigenvalue weighted by Gasteiger charge is -2.21. The number of rotatable bonds is 20. The zero-order valence-corrected chi connectivity index (χ0v) is 40.1. The third-order valence-corrected chi connectivity index (χ3v) is 10.7. The quantitative estimate of drug-likeness (QED) is 0.0309. The summed E-state index contributed by atoms with van der Waals surface area (Å²) in [6.07, 6.45) is 13.3. The van der Waals surface area contributed by atoms with Gasteiger partial charge >= 0.3 is 24.1 Å². The van der Waals surface area contributed by atoms with Crippen LogP contribution in [-0.4, -0.2) is 214 Å². The Morgan fingerprint density at radius 3 is 1.32 bits per heavy atom. The lowest BCUT2D eigenvalue weighted by atomic mass is 10.2. The molecule has 3 atom stereocenters. The summed E-state index contributed by atoms with van der Waals surface area (Å²) in [5, 5.41) is 34.0. The maximum absolute atomic E-state index is 12.3. The lowest BCUT2D eigenvalue weighted by molar-refractivity contribution is -0.125. The van der Waals surface area contributed by atoms with Crippen LogP contribution in [0.1, 0.15) is 31.5 Å². The normalized spacial score (nSPS) is 18.7. The molecule has 3 aromatic rings. The van der Waals surface area contributed by atoms with E-state index in [1.165, 1.54) is 47.3 Å². The molecule has 11 amide bonds. The Balaban J connectivity index is 0.000000176. The summed E-state index contributed by atoms with van der Waals surface area (Å²) in [7, 11) is 0. The van der Waals surface area contributed by atoms with Gasteiger partial charge in [0, 0.05) is 38.2 Å². The molecule has 0 aromatic carbocycles. The van der Waals surface area contributed by atoms with Gasteiger partial charge in [0.1, 0.15) is 6.61 Å². The standard InChI is InChI=1S/C15H18N6O5.C13H14N4O4.C12H14N6O5.C2H6N2O2/c1-2-5-26-21-11-6-10(7-19(8-11)15(21)24)20-4-3-12(17-20)14(23)18-25-9-13(16)22;1-2-5-21-17-10-6-9(7-15(8-10)13(17)20)16-4-3-11(14-16)12(18)19;13-10(19)6-23-15-11(20)9-1-2-17(14-9)7-3-8-5-16(4-7)12(21)18(8)22;3-2(5)1-6-4/h2-4,6,11H,1,5,7-9H2,(H2,16,22)(H,18,23);2-4,6,10H,1,5,7-8H2,(H,18,19);1-3,8,22H,4-6H2,(H2,13,19)(H,15,20);1,4H2,(H2,3,5). The van der Waals surface area contributed by atoms with Gasteiger partial charge in [-0.15, -0.1) is 13.2 Å². The van der Waals surface area contributed by atoms with Crippen LogP contribution in [-0.2, 0) is 38.6 Å². The largest absolute Gasteiger partial charge is 0.476 e. The first-order chi connectivity index (χ1) is 36.3. The molecule has 3 fully saturated rings. The summed E-state index contributed by atoms with van der Waals surface area (Å²) >= 11 is 0. The topological polar surface area (TPSA) is 441 Å². The van der Waals surface area contributed by atoms with E-state index in [1.54, 1.807) is 46.6 Å². The van der Waals surface area contributed by atoms with Crippen molar-refractivity contribution < 1.29 is 77.7 Å². The summed E-state index contributed by atoms with van der Waals surface area (Å²) in [5.41, 5.74) is 20.7. The van der Waals surface area contributed by atoms with Crippen molar-refractivity contribution in [1.82, 2.24) is 70.2 Å². The van der Waals surface area contributed by atoms with Crippen LogP contribution in [0.4, 0.5) is 14.4 Å². The molecule has 6 bridgehead atoms. The molecule has 406 valence electrons. The number of hydroxylamine groups is 8. The van der Waals surface area contributed by atoms with Gasteiger partial charge in [0.05, 0.1) is 68.1 Å². The number of aromatic carboxylic acids is 1. The molecule has 3 saturated heterocycles. The Bertz CT molecular complexity index is 2820. The van der Waals surface area contributed by atoms with E-state index >= 15 is 0 Å². The van der Waals surface area contributed by atoms with E-state index < -0.39 is 60.8 Å². The highest BCUT2D eigenvalue weighted by molar-refractivity contribution is 5.92. The number of carboxylic acid groups (broad SMARTS) is 1. The fourth-order valence-electron chi connectivity index (χ4n) is 7.51. The van der Waals surface area contributed by atoms with Crippen molar-refractivity contribution in [3.63, 3.8) is 0 Å². The minimum Gasteiger partial charge on any atom is -0.476 e. The highest BCUT2D eigenvalue weighted by atomic mass is 16.7. The van der Waals surface area contributed by atoms with Crippen LogP contribution in [0.2, 0.25) is 0 Å². The summed E-state index contributed by atoms with van der Waals surface area (Å²) in [5.74, 6) is 0.115. The lowest BCUT2D eigenvalue weighted by Crippen LogP contribution is -2.33. The van der Waals surface area contributed by atoms with E-state index in [2.05, 4.69) is 60.1 Å². The van der Waals surface area contributed by atoms with Crippen LogP contribution in [0.15, 0.2) is 80.3 Å². The second-order valence-corrected chi connectivity index (χ2v) is 16.2. The first-order valence-corrected chi connectivity index (χ1v) is 22.3. The summed E-state index contributed by atoms with van der Waals surface area (Å²) in [4.78, 5) is 130. The van der Waals surface area contributed by atoms with Gasteiger partial charge < -0.3 is 37.0 Å². The van der Waals surface area contributed by atoms with Crippen molar-refractivity contribution in [2.75, 3.05) is 72.3 Å². The first kappa shape index (κ1) is 56.0.